The third-order valence-corrected chi connectivity index (χ3v) is 9.91. The van der Waals surface area contributed by atoms with Crippen molar-refractivity contribution in [1.82, 2.24) is 29.2 Å². The minimum absolute atomic E-state index is 0.000219. The lowest BCUT2D eigenvalue weighted by molar-refractivity contribution is -0.145. The minimum atomic E-state index is -4.70. The van der Waals surface area contributed by atoms with Gasteiger partial charge in [0.1, 0.15) is 10.5 Å². The molecule has 0 atom stereocenters. The van der Waals surface area contributed by atoms with Gasteiger partial charge in [0.05, 0.1) is 21.5 Å². The number of hydrogen-bond donors (Lipinski definition) is 1. The van der Waals surface area contributed by atoms with Gasteiger partial charge in [-0.05, 0) is 38.7 Å². The molecule has 0 spiro atoms. The number of anilines is 1. The lowest BCUT2D eigenvalue weighted by atomic mass is 10.2. The molecule has 11 nitrogen and oxygen atoms in total. The van der Waals surface area contributed by atoms with Crippen LogP contribution in [0.1, 0.15) is 41.7 Å². The van der Waals surface area contributed by atoms with Crippen molar-refractivity contribution in [2.75, 3.05) is 38.1 Å². The molecule has 1 N–H and O–H groups in total. The number of nitrogens with one attached hydrogen (secondary N) is 1. The van der Waals surface area contributed by atoms with Crippen molar-refractivity contribution in [3.05, 3.63) is 23.5 Å². The van der Waals surface area contributed by atoms with Crippen LogP contribution in [0, 0.1) is 0 Å². The largest absolute Gasteiger partial charge is 0.445 e. The summed E-state index contributed by atoms with van der Waals surface area (Å²) in [6.07, 6.45) is 0.00144. The number of pyridine rings is 1. The van der Waals surface area contributed by atoms with Gasteiger partial charge in [0, 0.05) is 45.0 Å². The maximum Gasteiger partial charge on any atom is 0.445 e. The van der Waals surface area contributed by atoms with E-state index in [4.69, 9.17) is 8.85 Å². The number of imidazole rings is 1. The van der Waals surface area contributed by atoms with Gasteiger partial charge in [-0.25, -0.2) is 18.1 Å². The number of hydrogen-bond acceptors (Lipinski definition) is 9. The molecule has 1 amide bonds. The van der Waals surface area contributed by atoms with Crippen molar-refractivity contribution in [1.29, 1.82) is 0 Å². The van der Waals surface area contributed by atoms with Crippen LogP contribution >= 0.6 is 11.3 Å². The van der Waals surface area contributed by atoms with Gasteiger partial charge in [0.15, 0.2) is 10.8 Å². The number of carbonyl (C=O) groups is 1. The highest BCUT2D eigenvalue weighted by atomic mass is 32.2. The molecule has 0 aromatic carbocycles. The Morgan fingerprint density at radius 1 is 1.18 bits per heavy atom. The molecule has 0 radical (unpaired) electrons. The smallest absolute Gasteiger partial charge is 0.368 e. The van der Waals surface area contributed by atoms with Gasteiger partial charge in [0.25, 0.3) is 5.91 Å². The van der Waals surface area contributed by atoms with Crippen LogP contribution in [0.3, 0.4) is 0 Å². The SMILES string of the molecule is [2H]C([2H])([2H])OC1(C(=O)N2CCN(c3cc(S(=O)(=O)NC4(C)CC4)cn4c(-c5nnc(C(F)(F)F)s5)ncc34)CC2)CC1. The summed E-state index contributed by atoms with van der Waals surface area (Å²) >= 11 is 0.297. The first-order valence-corrected chi connectivity index (χ1v) is 14.5. The summed E-state index contributed by atoms with van der Waals surface area (Å²) in [7, 11) is -6.73. The number of fused-ring (bicyclic) bond motifs is 1. The molecule has 2 aliphatic carbocycles. The van der Waals surface area contributed by atoms with Crippen LogP contribution in [-0.2, 0) is 25.7 Å². The zero-order valence-electron chi connectivity index (χ0n) is 23.7. The van der Waals surface area contributed by atoms with Crippen molar-refractivity contribution in [3.63, 3.8) is 0 Å². The van der Waals surface area contributed by atoms with Crippen LogP contribution in [0.4, 0.5) is 18.9 Å². The molecule has 3 aromatic rings. The predicted molar refractivity (Wildman–Crippen MR) is 135 cm³/mol. The van der Waals surface area contributed by atoms with Crippen LogP contribution in [0.15, 0.2) is 23.4 Å². The van der Waals surface area contributed by atoms with Crippen molar-refractivity contribution in [2.24, 2.45) is 0 Å². The number of sulfonamides is 1. The van der Waals surface area contributed by atoms with E-state index >= 15 is 0 Å². The fourth-order valence-corrected chi connectivity index (χ4v) is 6.81. The Kier molecular flexibility index (Phi) is 5.20. The second-order valence-corrected chi connectivity index (χ2v) is 13.0. The highest BCUT2D eigenvalue weighted by molar-refractivity contribution is 7.89. The topological polar surface area (TPSA) is 122 Å². The fraction of sp³-hybridized carbons (Fsp3) is 0.565. The minimum Gasteiger partial charge on any atom is -0.368 e. The summed E-state index contributed by atoms with van der Waals surface area (Å²) in [4.78, 5) is 20.7. The van der Waals surface area contributed by atoms with Crippen molar-refractivity contribution in [2.45, 2.75) is 54.8 Å². The number of piperazine rings is 1. The number of alkyl halides is 3. The summed E-state index contributed by atoms with van der Waals surface area (Å²) in [5.41, 5.74) is -1.05. The maximum atomic E-state index is 13.4. The average molecular weight is 589 g/mol. The predicted octanol–water partition coefficient (Wildman–Crippen LogP) is 2.53. The monoisotopic (exact) mass is 588 g/mol. The summed E-state index contributed by atoms with van der Waals surface area (Å²) in [5, 5.41) is 5.59. The Bertz CT molecular complexity index is 1660. The van der Waals surface area contributed by atoms with Crippen molar-refractivity contribution >= 4 is 38.5 Å². The summed E-state index contributed by atoms with van der Waals surface area (Å²) in [6.45, 7) is 2.77. The Labute approximate surface area is 230 Å². The van der Waals surface area contributed by atoms with Crippen LogP contribution in [0.5, 0.6) is 0 Å². The van der Waals surface area contributed by atoms with E-state index in [9.17, 15) is 26.4 Å². The van der Waals surface area contributed by atoms with Crippen LogP contribution in [0.2, 0.25) is 0 Å². The second kappa shape index (κ2) is 8.84. The molecule has 0 bridgehead atoms. The Morgan fingerprint density at radius 2 is 1.90 bits per heavy atom. The molecule has 3 fully saturated rings. The zero-order chi connectivity index (χ0) is 30.3. The number of ether oxygens (including phenoxy) is 1. The Balaban J connectivity index is 1.33. The normalized spacial score (nSPS) is 21.9. The molecule has 39 heavy (non-hydrogen) atoms. The average Bonchev–Trinajstić information content (AvgIpc) is 3.68. The Morgan fingerprint density at radius 3 is 2.49 bits per heavy atom. The van der Waals surface area contributed by atoms with E-state index in [1.165, 1.54) is 27.8 Å². The van der Waals surface area contributed by atoms with E-state index in [0.29, 0.717) is 48.2 Å². The van der Waals surface area contributed by atoms with Gasteiger partial charge in [-0.2, -0.15) is 13.2 Å². The highest BCUT2D eigenvalue weighted by Gasteiger charge is 2.52. The van der Waals surface area contributed by atoms with E-state index in [0.717, 1.165) is 0 Å². The Hall–Kier alpha value is -2.82. The first kappa shape index (κ1) is 22.9. The molecule has 6 rings (SSSR count). The van der Waals surface area contributed by atoms with Crippen LogP contribution in [-0.4, -0.2) is 83.2 Å². The van der Waals surface area contributed by atoms with Gasteiger partial charge < -0.3 is 14.5 Å². The maximum absolute atomic E-state index is 13.4. The van der Waals surface area contributed by atoms with Gasteiger partial charge in [-0.15, -0.1) is 10.2 Å². The van der Waals surface area contributed by atoms with E-state index in [1.54, 1.807) is 6.92 Å². The number of halogens is 3. The number of aromatic nitrogens is 4. The molecule has 4 heterocycles. The standard InChI is InChI=1S/C23H26F3N7O4S2/c1-21(3-4-21)30-39(35,36)14-11-15(31-7-9-32(10-8-31)20(34)22(37-2)5-6-22)16-12-27-17(33(16)13-14)18-28-29-19(38-18)23(24,25)26/h11-13,30H,3-10H2,1-2H3/i2D3. The first-order chi connectivity index (χ1) is 19.5. The number of rotatable bonds is 7. The molecule has 2 saturated carbocycles. The number of methoxy groups -OCH3 is 1. The molecular weight excluding hydrogens is 559 g/mol. The first-order valence-electron chi connectivity index (χ1n) is 13.7. The lowest BCUT2D eigenvalue weighted by Crippen LogP contribution is -2.52. The quantitative estimate of drug-likeness (QED) is 0.447. The van der Waals surface area contributed by atoms with Gasteiger partial charge in [-0.1, -0.05) is 11.3 Å². The molecule has 16 heteroatoms. The van der Waals surface area contributed by atoms with E-state index in [1.807, 2.05) is 4.90 Å². The van der Waals surface area contributed by atoms with Crippen LogP contribution in [0.25, 0.3) is 16.3 Å². The molecule has 3 aromatic heterocycles. The summed E-state index contributed by atoms with van der Waals surface area (Å²) in [6, 6.07) is 1.48. The number of carbonyl (C=O) groups excluding carboxylic acids is 1. The van der Waals surface area contributed by atoms with E-state index in [-0.39, 0.29) is 41.9 Å². The van der Waals surface area contributed by atoms with E-state index in [2.05, 4.69) is 19.9 Å². The highest BCUT2D eigenvalue weighted by Crippen LogP contribution is 2.41. The number of nitrogens with zero attached hydrogens (tertiary/aromatic N) is 6. The van der Waals surface area contributed by atoms with Crippen molar-refractivity contribution in [3.8, 4) is 10.8 Å². The zero-order valence-corrected chi connectivity index (χ0v) is 22.3. The summed E-state index contributed by atoms with van der Waals surface area (Å²) in [5.74, 6) is -0.398. The second-order valence-electron chi connectivity index (χ2n) is 10.3. The third-order valence-electron chi connectivity index (χ3n) is 7.34. The van der Waals surface area contributed by atoms with Gasteiger partial charge >= 0.3 is 6.18 Å². The third kappa shape index (κ3) is 4.76. The fourth-order valence-electron chi connectivity index (χ4n) is 4.63. The summed E-state index contributed by atoms with van der Waals surface area (Å²) < 4.78 is 97.8. The molecule has 3 aliphatic rings. The van der Waals surface area contributed by atoms with Gasteiger partial charge in [0.2, 0.25) is 15.0 Å². The number of amides is 1. The van der Waals surface area contributed by atoms with Gasteiger partial charge in [-0.3, -0.25) is 9.20 Å². The molecule has 1 aliphatic heterocycles. The molecule has 1 saturated heterocycles. The molecular formula is C23H26F3N7O4S2. The van der Waals surface area contributed by atoms with E-state index < -0.39 is 45.3 Å². The molecule has 210 valence electrons. The lowest BCUT2D eigenvalue weighted by Gasteiger charge is -2.37. The van der Waals surface area contributed by atoms with Crippen LogP contribution < -0.4 is 9.62 Å². The van der Waals surface area contributed by atoms with Crippen molar-refractivity contribution < 1.29 is 35.2 Å². The molecule has 0 unspecified atom stereocenters.